The molecule has 164 valence electrons. The Morgan fingerprint density at radius 1 is 1.16 bits per heavy atom. The van der Waals surface area contributed by atoms with E-state index < -0.39 is 0 Å². The van der Waals surface area contributed by atoms with Crippen molar-refractivity contribution in [2.45, 2.75) is 45.6 Å². The lowest BCUT2D eigenvalue weighted by Crippen LogP contribution is -2.31. The van der Waals surface area contributed by atoms with Gasteiger partial charge in [0, 0.05) is 19.3 Å². The van der Waals surface area contributed by atoms with Crippen LogP contribution in [-0.2, 0) is 7.05 Å². The number of benzene rings is 1. The number of hydrogen-bond donors (Lipinski definition) is 0. The van der Waals surface area contributed by atoms with Crippen LogP contribution in [0.4, 0.5) is 0 Å². The summed E-state index contributed by atoms with van der Waals surface area (Å²) in [6.07, 6.45) is 1.88. The number of methoxy groups -OCH3 is 2. The van der Waals surface area contributed by atoms with Crippen LogP contribution in [0.2, 0.25) is 0 Å². The highest BCUT2D eigenvalue weighted by Crippen LogP contribution is 2.38. The van der Waals surface area contributed by atoms with E-state index in [1.54, 1.807) is 18.9 Å². The number of aromatic nitrogens is 3. The second-order valence-electron chi connectivity index (χ2n) is 8.43. The number of likely N-dealkylation sites (tertiary alicyclic amines) is 1. The van der Waals surface area contributed by atoms with Crippen molar-refractivity contribution < 1.29 is 14.3 Å². The molecule has 1 atom stereocenters. The average molecular weight is 423 g/mol. The Bertz CT molecular complexity index is 1140. The third-order valence-corrected chi connectivity index (χ3v) is 6.12. The molecule has 3 aromatic rings. The normalized spacial score (nSPS) is 16.4. The van der Waals surface area contributed by atoms with Gasteiger partial charge < -0.3 is 14.4 Å². The Balaban J connectivity index is 1.78. The molecule has 1 saturated heterocycles. The van der Waals surface area contributed by atoms with Crippen LogP contribution in [0.5, 0.6) is 11.5 Å². The highest BCUT2D eigenvalue weighted by Gasteiger charge is 2.33. The molecular formula is C24H30N4O3. The van der Waals surface area contributed by atoms with Crippen molar-refractivity contribution in [3.63, 3.8) is 0 Å². The third kappa shape index (κ3) is 3.62. The second-order valence-corrected chi connectivity index (χ2v) is 8.43. The van der Waals surface area contributed by atoms with Gasteiger partial charge in [-0.25, -0.2) is 4.98 Å². The molecule has 7 nitrogen and oxygen atoms in total. The largest absolute Gasteiger partial charge is 0.493 e. The third-order valence-electron chi connectivity index (χ3n) is 6.12. The van der Waals surface area contributed by atoms with Crippen LogP contribution in [0.3, 0.4) is 0 Å². The zero-order chi connectivity index (χ0) is 22.3. The van der Waals surface area contributed by atoms with Gasteiger partial charge in [-0.2, -0.15) is 5.10 Å². The predicted molar refractivity (Wildman–Crippen MR) is 120 cm³/mol. The van der Waals surface area contributed by atoms with E-state index in [4.69, 9.17) is 14.5 Å². The van der Waals surface area contributed by atoms with E-state index in [1.807, 2.05) is 43.1 Å². The molecule has 0 aliphatic carbocycles. The van der Waals surface area contributed by atoms with E-state index in [-0.39, 0.29) is 17.9 Å². The van der Waals surface area contributed by atoms with Crippen LogP contribution in [0.1, 0.15) is 66.0 Å². The lowest BCUT2D eigenvalue weighted by atomic mass is 10.0. The SMILES string of the molecule is COc1ccc(C2CCCN2C(=O)c2cc(C(C)C)nc3c2c(C)nn3C)cc1OC. The van der Waals surface area contributed by atoms with Gasteiger partial charge >= 0.3 is 0 Å². The van der Waals surface area contributed by atoms with Crippen LogP contribution in [0, 0.1) is 6.92 Å². The average Bonchev–Trinajstić information content (AvgIpc) is 3.37. The van der Waals surface area contributed by atoms with Gasteiger partial charge in [-0.3, -0.25) is 9.48 Å². The van der Waals surface area contributed by atoms with E-state index in [0.29, 0.717) is 17.1 Å². The smallest absolute Gasteiger partial charge is 0.255 e. The molecule has 0 spiro atoms. The van der Waals surface area contributed by atoms with E-state index in [0.717, 1.165) is 47.4 Å². The Morgan fingerprint density at radius 2 is 1.90 bits per heavy atom. The molecule has 1 unspecified atom stereocenters. The van der Waals surface area contributed by atoms with Crippen molar-refractivity contribution in [1.29, 1.82) is 0 Å². The Hall–Kier alpha value is -3.09. The van der Waals surface area contributed by atoms with Crippen molar-refractivity contribution in [2.75, 3.05) is 20.8 Å². The number of carbonyl (C=O) groups excluding carboxylic acids is 1. The van der Waals surface area contributed by atoms with Crippen LogP contribution < -0.4 is 9.47 Å². The summed E-state index contributed by atoms with van der Waals surface area (Å²) >= 11 is 0. The first-order chi connectivity index (χ1) is 14.8. The number of rotatable bonds is 5. The lowest BCUT2D eigenvalue weighted by molar-refractivity contribution is 0.0737. The predicted octanol–water partition coefficient (Wildman–Crippen LogP) is 4.39. The van der Waals surface area contributed by atoms with Gasteiger partial charge in [0.25, 0.3) is 5.91 Å². The van der Waals surface area contributed by atoms with Crippen molar-refractivity contribution >= 4 is 16.9 Å². The van der Waals surface area contributed by atoms with Crippen LogP contribution in [-0.4, -0.2) is 46.3 Å². The number of carbonyl (C=O) groups is 1. The molecule has 1 fully saturated rings. The van der Waals surface area contributed by atoms with Gasteiger partial charge in [0.2, 0.25) is 0 Å². The minimum Gasteiger partial charge on any atom is -0.493 e. The first kappa shape index (κ1) is 21.2. The summed E-state index contributed by atoms with van der Waals surface area (Å²) in [6.45, 7) is 6.84. The summed E-state index contributed by atoms with van der Waals surface area (Å²) in [7, 11) is 5.13. The molecule has 3 heterocycles. The summed E-state index contributed by atoms with van der Waals surface area (Å²) < 4.78 is 12.6. The zero-order valence-electron chi connectivity index (χ0n) is 19.1. The molecule has 0 radical (unpaired) electrons. The van der Waals surface area contributed by atoms with Gasteiger partial charge in [-0.05, 0) is 49.4 Å². The maximum atomic E-state index is 13.9. The molecule has 2 aromatic heterocycles. The number of pyridine rings is 1. The van der Waals surface area contributed by atoms with Crippen LogP contribution >= 0.6 is 0 Å². The van der Waals surface area contributed by atoms with Gasteiger partial charge in [0.15, 0.2) is 17.1 Å². The number of hydrogen-bond acceptors (Lipinski definition) is 5. The minimum absolute atomic E-state index is 0.00463. The van der Waals surface area contributed by atoms with Gasteiger partial charge in [0.05, 0.1) is 36.9 Å². The van der Waals surface area contributed by atoms with Crippen molar-refractivity contribution in [1.82, 2.24) is 19.7 Å². The highest BCUT2D eigenvalue weighted by molar-refractivity contribution is 6.06. The quantitative estimate of drug-likeness (QED) is 0.610. The lowest BCUT2D eigenvalue weighted by Gasteiger charge is -2.26. The van der Waals surface area contributed by atoms with Crippen LogP contribution in [0.25, 0.3) is 11.0 Å². The molecule has 1 aliphatic heterocycles. The standard InChI is InChI=1S/C24H30N4O3/c1-14(2)18-13-17(22-15(3)26-27(4)23(22)25-18)24(29)28-11-7-8-19(28)16-9-10-20(30-5)21(12-16)31-6/h9-10,12-14,19H,7-8,11H2,1-6H3. The fraction of sp³-hybridized carbons (Fsp3) is 0.458. The number of nitrogens with zero attached hydrogens (tertiary/aromatic N) is 4. The zero-order valence-corrected chi connectivity index (χ0v) is 19.1. The first-order valence-electron chi connectivity index (χ1n) is 10.7. The number of aryl methyl sites for hydroxylation is 2. The van der Waals surface area contributed by atoms with Crippen molar-refractivity contribution in [3.05, 3.63) is 46.8 Å². The highest BCUT2D eigenvalue weighted by atomic mass is 16.5. The fourth-order valence-corrected chi connectivity index (χ4v) is 4.50. The molecule has 0 saturated carbocycles. The summed E-state index contributed by atoms with van der Waals surface area (Å²) in [5.74, 6) is 1.61. The van der Waals surface area contributed by atoms with Crippen molar-refractivity contribution in [2.24, 2.45) is 7.05 Å². The Morgan fingerprint density at radius 3 is 2.58 bits per heavy atom. The number of amides is 1. The Kier molecular flexibility index (Phi) is 5.60. The van der Waals surface area contributed by atoms with E-state index >= 15 is 0 Å². The van der Waals surface area contributed by atoms with Crippen molar-refractivity contribution in [3.8, 4) is 11.5 Å². The molecule has 0 bridgehead atoms. The number of ether oxygens (including phenoxy) is 2. The fourth-order valence-electron chi connectivity index (χ4n) is 4.50. The molecule has 1 aliphatic rings. The topological polar surface area (TPSA) is 69.5 Å². The summed E-state index contributed by atoms with van der Waals surface area (Å²) in [6, 6.07) is 7.85. The Labute approximate surface area is 183 Å². The molecule has 7 heteroatoms. The minimum atomic E-state index is -0.00463. The summed E-state index contributed by atoms with van der Waals surface area (Å²) in [5.41, 5.74) is 4.23. The monoisotopic (exact) mass is 422 g/mol. The van der Waals surface area contributed by atoms with E-state index in [9.17, 15) is 4.79 Å². The number of fused-ring (bicyclic) bond motifs is 1. The molecule has 4 rings (SSSR count). The van der Waals surface area contributed by atoms with Gasteiger partial charge in [-0.15, -0.1) is 0 Å². The molecule has 1 aromatic carbocycles. The maximum absolute atomic E-state index is 13.9. The van der Waals surface area contributed by atoms with E-state index in [1.165, 1.54) is 0 Å². The summed E-state index contributed by atoms with van der Waals surface area (Å²) in [4.78, 5) is 20.6. The van der Waals surface area contributed by atoms with Gasteiger partial charge in [-0.1, -0.05) is 19.9 Å². The van der Waals surface area contributed by atoms with Crippen LogP contribution in [0.15, 0.2) is 24.3 Å². The molecule has 0 N–H and O–H groups in total. The second kappa shape index (κ2) is 8.21. The van der Waals surface area contributed by atoms with Gasteiger partial charge in [0.1, 0.15) is 0 Å². The van der Waals surface area contributed by atoms with E-state index in [2.05, 4.69) is 18.9 Å². The first-order valence-corrected chi connectivity index (χ1v) is 10.7. The maximum Gasteiger partial charge on any atom is 0.255 e. The molecule has 31 heavy (non-hydrogen) atoms. The molecule has 1 amide bonds. The summed E-state index contributed by atoms with van der Waals surface area (Å²) in [5, 5.41) is 5.37. The molecular weight excluding hydrogens is 392 g/mol.